The minimum absolute atomic E-state index is 0.165. The van der Waals surface area contributed by atoms with Crippen molar-refractivity contribution in [3.8, 4) is 0 Å². The zero-order valence-electron chi connectivity index (χ0n) is 11.3. The second-order valence-electron chi connectivity index (χ2n) is 4.87. The fourth-order valence-electron chi connectivity index (χ4n) is 2.52. The second-order valence-corrected chi connectivity index (χ2v) is 7.63. The lowest BCUT2D eigenvalue weighted by atomic mass is 10.1. The Balaban J connectivity index is 2.21. The average Bonchev–Trinajstić information content (AvgIpc) is 2.92. The standard InChI is InChI=1S/C13H15BrFNO4S/c1-20-13(17)9-3-2-4-12(9)21(18,19)16-8-5-6-11(15)10(14)7-8/h5-7,9,12,16H,2-4H2,1H3. The normalized spacial score (nSPS) is 22.0. The van der Waals surface area contributed by atoms with Crippen molar-refractivity contribution < 1.29 is 22.3 Å². The summed E-state index contributed by atoms with van der Waals surface area (Å²) in [6, 6.07) is 3.84. The SMILES string of the molecule is COC(=O)C1CCCC1S(=O)(=O)Nc1ccc(F)c(Br)c1. The Hall–Kier alpha value is -1.15. The summed E-state index contributed by atoms with van der Waals surface area (Å²) in [5.41, 5.74) is 0.249. The third kappa shape index (κ3) is 3.55. The first-order valence-electron chi connectivity index (χ1n) is 6.39. The molecule has 0 heterocycles. The van der Waals surface area contributed by atoms with Gasteiger partial charge in [0.15, 0.2) is 0 Å². The van der Waals surface area contributed by atoms with E-state index in [1.807, 2.05) is 0 Å². The third-order valence-corrected chi connectivity index (χ3v) is 6.02. The van der Waals surface area contributed by atoms with Gasteiger partial charge >= 0.3 is 5.97 Å². The Kier molecular flexibility index (Phi) is 4.88. The van der Waals surface area contributed by atoms with Crippen molar-refractivity contribution in [3.63, 3.8) is 0 Å². The van der Waals surface area contributed by atoms with Crippen LogP contribution < -0.4 is 4.72 Å². The summed E-state index contributed by atoms with van der Waals surface area (Å²) in [4.78, 5) is 11.7. The van der Waals surface area contributed by atoms with Crippen LogP contribution in [0, 0.1) is 11.7 Å². The van der Waals surface area contributed by atoms with Crippen LogP contribution in [0.2, 0.25) is 0 Å². The van der Waals surface area contributed by atoms with Gasteiger partial charge in [-0.1, -0.05) is 6.42 Å². The van der Waals surface area contributed by atoms with E-state index in [0.717, 1.165) is 6.07 Å². The molecule has 1 aliphatic rings. The van der Waals surface area contributed by atoms with Crippen LogP contribution in [-0.4, -0.2) is 26.7 Å². The van der Waals surface area contributed by atoms with E-state index in [4.69, 9.17) is 0 Å². The molecule has 21 heavy (non-hydrogen) atoms. The average molecular weight is 380 g/mol. The number of nitrogens with one attached hydrogen (secondary N) is 1. The lowest BCUT2D eigenvalue weighted by molar-refractivity contribution is -0.145. The summed E-state index contributed by atoms with van der Waals surface area (Å²) >= 11 is 3.00. The third-order valence-electron chi connectivity index (χ3n) is 3.53. The molecule has 0 amide bonds. The minimum atomic E-state index is -3.74. The summed E-state index contributed by atoms with van der Waals surface area (Å²) < 4.78 is 45.2. The van der Waals surface area contributed by atoms with Crippen LogP contribution in [0.5, 0.6) is 0 Å². The highest BCUT2D eigenvalue weighted by Gasteiger charge is 2.42. The Morgan fingerprint density at radius 3 is 2.76 bits per heavy atom. The molecule has 2 atom stereocenters. The minimum Gasteiger partial charge on any atom is -0.469 e. The van der Waals surface area contributed by atoms with Crippen molar-refractivity contribution in [1.82, 2.24) is 0 Å². The zero-order valence-corrected chi connectivity index (χ0v) is 13.7. The fraction of sp³-hybridized carbons (Fsp3) is 0.462. The highest BCUT2D eigenvalue weighted by atomic mass is 79.9. The monoisotopic (exact) mass is 379 g/mol. The number of benzene rings is 1. The van der Waals surface area contributed by atoms with E-state index in [1.54, 1.807) is 0 Å². The molecule has 0 spiro atoms. The summed E-state index contributed by atoms with van der Waals surface area (Å²) in [7, 11) is -2.50. The molecule has 1 aromatic rings. The molecule has 116 valence electrons. The topological polar surface area (TPSA) is 72.5 Å². The Labute approximate surface area is 131 Å². The van der Waals surface area contributed by atoms with Crippen LogP contribution >= 0.6 is 15.9 Å². The molecule has 1 fully saturated rings. The highest BCUT2D eigenvalue weighted by molar-refractivity contribution is 9.10. The quantitative estimate of drug-likeness (QED) is 0.816. The Bertz CT molecular complexity index is 650. The van der Waals surface area contributed by atoms with E-state index >= 15 is 0 Å². The summed E-state index contributed by atoms with van der Waals surface area (Å²) in [5.74, 6) is -1.65. The molecule has 0 saturated heterocycles. The number of carbonyl (C=O) groups excluding carboxylic acids is 1. The van der Waals surface area contributed by atoms with Gasteiger partial charge in [0, 0.05) is 5.69 Å². The zero-order chi connectivity index (χ0) is 15.6. The molecular weight excluding hydrogens is 365 g/mol. The van der Waals surface area contributed by atoms with E-state index in [2.05, 4.69) is 25.4 Å². The van der Waals surface area contributed by atoms with Crippen molar-refractivity contribution in [2.45, 2.75) is 24.5 Å². The lowest BCUT2D eigenvalue weighted by Gasteiger charge is -2.19. The number of carbonyl (C=O) groups is 1. The molecule has 1 aliphatic carbocycles. The Morgan fingerprint density at radius 2 is 2.14 bits per heavy atom. The molecule has 0 aromatic heterocycles. The predicted octanol–water partition coefficient (Wildman–Crippen LogP) is 2.67. The van der Waals surface area contributed by atoms with Crippen molar-refractivity contribution in [1.29, 1.82) is 0 Å². The lowest BCUT2D eigenvalue weighted by Crippen LogP contribution is -2.35. The number of anilines is 1. The van der Waals surface area contributed by atoms with E-state index in [9.17, 15) is 17.6 Å². The molecular formula is C13H15BrFNO4S. The van der Waals surface area contributed by atoms with E-state index < -0.39 is 33.0 Å². The maximum Gasteiger partial charge on any atom is 0.310 e. The van der Waals surface area contributed by atoms with Crippen molar-refractivity contribution >= 4 is 37.6 Å². The first kappa shape index (κ1) is 16.2. The van der Waals surface area contributed by atoms with Gasteiger partial charge in [-0.25, -0.2) is 12.8 Å². The number of esters is 1. The van der Waals surface area contributed by atoms with Crippen LogP contribution in [0.1, 0.15) is 19.3 Å². The van der Waals surface area contributed by atoms with Gasteiger partial charge in [0.2, 0.25) is 10.0 Å². The highest BCUT2D eigenvalue weighted by Crippen LogP contribution is 2.33. The largest absolute Gasteiger partial charge is 0.469 e. The van der Waals surface area contributed by atoms with Gasteiger partial charge < -0.3 is 4.74 Å². The molecule has 1 N–H and O–H groups in total. The molecule has 8 heteroatoms. The van der Waals surface area contributed by atoms with Gasteiger partial charge in [-0.05, 0) is 47.0 Å². The van der Waals surface area contributed by atoms with E-state index in [1.165, 1.54) is 19.2 Å². The van der Waals surface area contributed by atoms with Gasteiger partial charge in [0.05, 0.1) is 22.8 Å². The van der Waals surface area contributed by atoms with Crippen LogP contribution in [0.15, 0.2) is 22.7 Å². The fourth-order valence-corrected chi connectivity index (χ4v) is 4.66. The Morgan fingerprint density at radius 1 is 1.43 bits per heavy atom. The maximum atomic E-state index is 13.2. The molecule has 5 nitrogen and oxygen atoms in total. The number of halogens is 2. The van der Waals surface area contributed by atoms with Crippen molar-refractivity contribution in [2.24, 2.45) is 5.92 Å². The molecule has 0 aliphatic heterocycles. The summed E-state index contributed by atoms with van der Waals surface area (Å²) in [5, 5.41) is -0.825. The molecule has 1 saturated carbocycles. The van der Waals surface area contributed by atoms with Gasteiger partial charge in [-0.2, -0.15) is 0 Å². The number of rotatable bonds is 4. The number of ether oxygens (including phenoxy) is 1. The van der Waals surface area contributed by atoms with Gasteiger partial charge in [-0.15, -0.1) is 0 Å². The van der Waals surface area contributed by atoms with Crippen LogP contribution in [0.4, 0.5) is 10.1 Å². The van der Waals surface area contributed by atoms with E-state index in [0.29, 0.717) is 19.3 Å². The molecule has 1 aromatic carbocycles. The van der Waals surface area contributed by atoms with Crippen molar-refractivity contribution in [3.05, 3.63) is 28.5 Å². The molecule has 0 bridgehead atoms. The van der Waals surface area contributed by atoms with Gasteiger partial charge in [-0.3, -0.25) is 9.52 Å². The first-order valence-corrected chi connectivity index (χ1v) is 8.73. The van der Waals surface area contributed by atoms with Crippen LogP contribution in [0.25, 0.3) is 0 Å². The number of methoxy groups -OCH3 is 1. The second kappa shape index (κ2) is 6.31. The van der Waals surface area contributed by atoms with Crippen LogP contribution in [0.3, 0.4) is 0 Å². The van der Waals surface area contributed by atoms with E-state index in [-0.39, 0.29) is 10.2 Å². The predicted molar refractivity (Wildman–Crippen MR) is 79.8 cm³/mol. The molecule has 2 rings (SSSR count). The molecule has 2 unspecified atom stereocenters. The van der Waals surface area contributed by atoms with Crippen LogP contribution in [-0.2, 0) is 19.6 Å². The smallest absolute Gasteiger partial charge is 0.310 e. The number of hydrogen-bond donors (Lipinski definition) is 1. The first-order chi connectivity index (χ1) is 9.85. The summed E-state index contributed by atoms with van der Waals surface area (Å²) in [6.45, 7) is 0. The number of hydrogen-bond acceptors (Lipinski definition) is 4. The van der Waals surface area contributed by atoms with Gasteiger partial charge in [0.1, 0.15) is 5.82 Å². The van der Waals surface area contributed by atoms with Gasteiger partial charge in [0.25, 0.3) is 0 Å². The maximum absolute atomic E-state index is 13.2. The molecule has 0 radical (unpaired) electrons. The number of sulfonamides is 1. The summed E-state index contributed by atoms with van der Waals surface area (Å²) in [6.07, 6.45) is 1.54. The van der Waals surface area contributed by atoms with Crippen molar-refractivity contribution in [2.75, 3.05) is 11.8 Å².